The Balaban J connectivity index is 1.75. The van der Waals surface area contributed by atoms with E-state index in [-0.39, 0.29) is 17.4 Å². The number of aliphatic hydroxyl groups is 1. The molecule has 25 heavy (non-hydrogen) atoms. The van der Waals surface area contributed by atoms with Gasteiger partial charge in [0.15, 0.2) is 0 Å². The van der Waals surface area contributed by atoms with Gasteiger partial charge in [-0.15, -0.1) is 11.6 Å². The van der Waals surface area contributed by atoms with Gasteiger partial charge in [0.1, 0.15) is 17.1 Å². The summed E-state index contributed by atoms with van der Waals surface area (Å²) in [6.45, 7) is 2.12. The molecule has 0 heterocycles. The van der Waals surface area contributed by atoms with Gasteiger partial charge in [-0.2, -0.15) is 0 Å². The van der Waals surface area contributed by atoms with Crippen LogP contribution in [0.1, 0.15) is 30.4 Å². The Hall–Kier alpha value is -2.23. The minimum Gasteiger partial charge on any atom is -0.508 e. The standard InChI is InChI=1S/C21H21ClO3/c1-14(16-2-6-18(23)7-3-16)12-15-10-11-21(25,20(22)13-15)17-4-8-19(24)9-5-17/h2-11,13-14,20,23-25H,12H2,1H3. The van der Waals surface area contributed by atoms with E-state index in [2.05, 4.69) is 6.92 Å². The van der Waals surface area contributed by atoms with Crippen LogP contribution in [0.15, 0.2) is 72.3 Å². The second kappa shape index (κ2) is 6.95. The third-order valence-electron chi connectivity index (χ3n) is 4.67. The van der Waals surface area contributed by atoms with Crippen molar-refractivity contribution < 1.29 is 15.3 Å². The number of hydrogen-bond donors (Lipinski definition) is 3. The highest BCUT2D eigenvalue weighted by molar-refractivity contribution is 6.23. The summed E-state index contributed by atoms with van der Waals surface area (Å²) in [5, 5.41) is 29.1. The van der Waals surface area contributed by atoms with Gasteiger partial charge in [0.05, 0.1) is 5.38 Å². The molecule has 3 nitrogen and oxygen atoms in total. The number of benzene rings is 2. The number of rotatable bonds is 4. The van der Waals surface area contributed by atoms with Crippen molar-refractivity contribution in [3.05, 3.63) is 83.5 Å². The first-order valence-corrected chi connectivity index (χ1v) is 8.67. The van der Waals surface area contributed by atoms with Crippen molar-refractivity contribution in [2.24, 2.45) is 0 Å². The summed E-state index contributed by atoms with van der Waals surface area (Å²) in [6, 6.07) is 13.6. The third kappa shape index (κ3) is 3.73. The average Bonchev–Trinajstić information content (AvgIpc) is 2.59. The van der Waals surface area contributed by atoms with Crippen LogP contribution in [0.4, 0.5) is 0 Å². The fourth-order valence-corrected chi connectivity index (χ4v) is 3.45. The molecule has 0 aliphatic heterocycles. The molecule has 2 aromatic rings. The first-order chi connectivity index (χ1) is 11.9. The fraction of sp³-hybridized carbons (Fsp3) is 0.238. The SMILES string of the molecule is CC(CC1=CC(Cl)C(O)(c2ccc(O)cc2)C=C1)c1ccc(O)cc1. The molecule has 0 saturated carbocycles. The first-order valence-electron chi connectivity index (χ1n) is 8.23. The van der Waals surface area contributed by atoms with Crippen molar-refractivity contribution in [1.29, 1.82) is 0 Å². The van der Waals surface area contributed by atoms with Gasteiger partial charge in [0.25, 0.3) is 0 Å². The predicted molar refractivity (Wildman–Crippen MR) is 100 cm³/mol. The van der Waals surface area contributed by atoms with Gasteiger partial charge < -0.3 is 15.3 Å². The summed E-state index contributed by atoms with van der Waals surface area (Å²) in [7, 11) is 0. The second-order valence-electron chi connectivity index (χ2n) is 6.55. The number of alkyl halides is 1. The monoisotopic (exact) mass is 356 g/mol. The second-order valence-corrected chi connectivity index (χ2v) is 7.02. The lowest BCUT2D eigenvalue weighted by atomic mass is 9.82. The Bertz CT molecular complexity index is 793. The zero-order chi connectivity index (χ0) is 18.0. The summed E-state index contributed by atoms with van der Waals surface area (Å²) in [5.74, 6) is 0.671. The van der Waals surface area contributed by atoms with Gasteiger partial charge in [0, 0.05) is 0 Å². The molecule has 1 aliphatic rings. The number of hydrogen-bond acceptors (Lipinski definition) is 3. The van der Waals surface area contributed by atoms with E-state index in [1.165, 1.54) is 12.1 Å². The van der Waals surface area contributed by atoms with Crippen molar-refractivity contribution in [2.45, 2.75) is 30.2 Å². The Labute approximate surface area is 152 Å². The van der Waals surface area contributed by atoms with Crippen molar-refractivity contribution in [2.75, 3.05) is 0 Å². The van der Waals surface area contributed by atoms with Crippen LogP contribution < -0.4 is 0 Å². The molecule has 0 radical (unpaired) electrons. The van der Waals surface area contributed by atoms with Crippen LogP contribution in [-0.2, 0) is 5.60 Å². The lowest BCUT2D eigenvalue weighted by molar-refractivity contribution is 0.0945. The largest absolute Gasteiger partial charge is 0.508 e. The van der Waals surface area contributed by atoms with Crippen LogP contribution >= 0.6 is 11.6 Å². The first kappa shape index (κ1) is 17.6. The Morgan fingerprint density at radius 2 is 1.56 bits per heavy atom. The van der Waals surface area contributed by atoms with E-state index in [0.29, 0.717) is 5.56 Å². The molecule has 0 fully saturated rings. The summed E-state index contributed by atoms with van der Waals surface area (Å²) in [5.41, 5.74) is 1.55. The number of allylic oxidation sites excluding steroid dienone is 2. The lowest BCUT2D eigenvalue weighted by Gasteiger charge is -2.32. The van der Waals surface area contributed by atoms with E-state index in [4.69, 9.17) is 11.6 Å². The molecule has 0 aromatic heterocycles. The summed E-state index contributed by atoms with van der Waals surface area (Å²) in [6.07, 6.45) is 6.29. The smallest absolute Gasteiger partial charge is 0.128 e. The molecular weight excluding hydrogens is 336 g/mol. The molecular formula is C21H21ClO3. The Kier molecular flexibility index (Phi) is 4.89. The zero-order valence-corrected chi connectivity index (χ0v) is 14.7. The summed E-state index contributed by atoms with van der Waals surface area (Å²) >= 11 is 6.47. The number of phenolic OH excluding ortho intramolecular Hbond substituents is 2. The van der Waals surface area contributed by atoms with Gasteiger partial charge in [-0.05, 0) is 53.8 Å². The fourth-order valence-electron chi connectivity index (χ4n) is 3.09. The highest BCUT2D eigenvalue weighted by atomic mass is 35.5. The zero-order valence-electron chi connectivity index (χ0n) is 13.9. The maximum atomic E-state index is 10.9. The van der Waals surface area contributed by atoms with E-state index in [1.54, 1.807) is 30.3 Å². The molecule has 4 heteroatoms. The molecule has 0 spiro atoms. The molecule has 1 aliphatic carbocycles. The van der Waals surface area contributed by atoms with Crippen molar-refractivity contribution in [3.8, 4) is 11.5 Å². The van der Waals surface area contributed by atoms with Crippen molar-refractivity contribution in [1.82, 2.24) is 0 Å². The average molecular weight is 357 g/mol. The number of phenols is 2. The molecule has 3 unspecified atom stereocenters. The molecule has 0 amide bonds. The molecule has 3 N–H and O–H groups in total. The van der Waals surface area contributed by atoms with Gasteiger partial charge in [-0.25, -0.2) is 0 Å². The highest BCUT2D eigenvalue weighted by Gasteiger charge is 2.36. The summed E-state index contributed by atoms with van der Waals surface area (Å²) in [4.78, 5) is 0. The minimum atomic E-state index is -1.29. The van der Waals surface area contributed by atoms with Gasteiger partial charge in [0.2, 0.25) is 0 Å². The Morgan fingerprint density at radius 3 is 2.12 bits per heavy atom. The van der Waals surface area contributed by atoms with Crippen molar-refractivity contribution >= 4 is 11.6 Å². The maximum absolute atomic E-state index is 10.9. The van der Waals surface area contributed by atoms with Crippen LogP contribution in [-0.4, -0.2) is 20.7 Å². The molecule has 3 atom stereocenters. The highest BCUT2D eigenvalue weighted by Crippen LogP contribution is 2.38. The van der Waals surface area contributed by atoms with Crippen LogP contribution in [0.2, 0.25) is 0 Å². The van der Waals surface area contributed by atoms with E-state index in [0.717, 1.165) is 17.6 Å². The molecule has 3 rings (SSSR count). The third-order valence-corrected chi connectivity index (χ3v) is 5.12. The lowest BCUT2D eigenvalue weighted by Crippen LogP contribution is -2.34. The number of halogens is 1. The predicted octanol–water partition coefficient (Wildman–Crippen LogP) is 4.58. The maximum Gasteiger partial charge on any atom is 0.128 e. The van der Waals surface area contributed by atoms with Crippen LogP contribution in [0, 0.1) is 0 Å². The Morgan fingerprint density at radius 1 is 1.00 bits per heavy atom. The molecule has 130 valence electrons. The van der Waals surface area contributed by atoms with Crippen LogP contribution in [0.5, 0.6) is 11.5 Å². The molecule has 2 aromatic carbocycles. The normalized spacial score (nSPS) is 24.0. The molecule has 0 bridgehead atoms. The van der Waals surface area contributed by atoms with Gasteiger partial charge in [-0.3, -0.25) is 0 Å². The van der Waals surface area contributed by atoms with E-state index in [1.807, 2.05) is 24.3 Å². The van der Waals surface area contributed by atoms with E-state index in [9.17, 15) is 15.3 Å². The van der Waals surface area contributed by atoms with Crippen LogP contribution in [0.25, 0.3) is 0 Å². The van der Waals surface area contributed by atoms with Crippen LogP contribution in [0.3, 0.4) is 0 Å². The van der Waals surface area contributed by atoms with Gasteiger partial charge in [-0.1, -0.05) is 48.9 Å². The quantitative estimate of drug-likeness (QED) is 0.702. The number of aromatic hydroxyl groups is 2. The summed E-state index contributed by atoms with van der Waals surface area (Å²) < 4.78 is 0. The van der Waals surface area contributed by atoms with Gasteiger partial charge >= 0.3 is 0 Å². The molecule has 0 saturated heterocycles. The van der Waals surface area contributed by atoms with E-state index >= 15 is 0 Å². The minimum absolute atomic E-state index is 0.150. The topological polar surface area (TPSA) is 60.7 Å². The van der Waals surface area contributed by atoms with E-state index < -0.39 is 11.0 Å². The van der Waals surface area contributed by atoms with Crippen molar-refractivity contribution in [3.63, 3.8) is 0 Å².